The molecular weight excluding hydrogens is 301 g/mol. The third-order valence-corrected chi connectivity index (χ3v) is 2.54. The highest BCUT2D eigenvalue weighted by molar-refractivity contribution is 5.89. The number of nitrogens with one attached hydrogen (secondary N) is 1. The summed E-state index contributed by atoms with van der Waals surface area (Å²) < 4.78 is 47.4. The largest absolute Gasteiger partial charge is 0.493 e. The molecule has 0 saturated carbocycles. The first-order chi connectivity index (χ1) is 10.1. The van der Waals surface area contributed by atoms with Crippen LogP contribution in [-0.4, -0.2) is 43.9 Å². The third kappa shape index (κ3) is 5.71. The standard InChI is InChI=1S/C14H19F3N2O3/c1-9(2)22-11-6-5-10(7-12(11)21-4)18-13(20)19(3)8-14(15,16)17/h5-7,9H,8H2,1-4H3,(H,18,20). The van der Waals surface area contributed by atoms with Crippen LogP contribution in [0.5, 0.6) is 11.5 Å². The normalized spacial score (nSPS) is 11.3. The molecule has 0 unspecified atom stereocenters. The molecule has 1 aromatic rings. The van der Waals surface area contributed by atoms with Gasteiger partial charge in [0.2, 0.25) is 0 Å². The zero-order chi connectivity index (χ0) is 16.9. The first-order valence-corrected chi connectivity index (χ1v) is 6.56. The lowest BCUT2D eigenvalue weighted by Crippen LogP contribution is -2.38. The second-order valence-electron chi connectivity index (χ2n) is 4.93. The molecule has 1 rings (SSSR count). The smallest absolute Gasteiger partial charge is 0.406 e. The van der Waals surface area contributed by atoms with Crippen molar-refractivity contribution >= 4 is 11.7 Å². The fraction of sp³-hybridized carbons (Fsp3) is 0.500. The second kappa shape index (κ2) is 7.24. The Hall–Kier alpha value is -2.12. The Balaban J connectivity index is 2.79. The number of hydrogen-bond donors (Lipinski definition) is 1. The minimum Gasteiger partial charge on any atom is -0.493 e. The van der Waals surface area contributed by atoms with E-state index in [-0.39, 0.29) is 6.10 Å². The number of amides is 2. The molecule has 8 heteroatoms. The van der Waals surface area contributed by atoms with Crippen LogP contribution in [0.1, 0.15) is 13.8 Å². The van der Waals surface area contributed by atoms with Crippen LogP contribution in [0.25, 0.3) is 0 Å². The minimum atomic E-state index is -4.45. The number of benzene rings is 1. The van der Waals surface area contributed by atoms with Gasteiger partial charge in [0, 0.05) is 18.8 Å². The van der Waals surface area contributed by atoms with Gasteiger partial charge in [0.05, 0.1) is 13.2 Å². The molecule has 0 aliphatic heterocycles. The van der Waals surface area contributed by atoms with Crippen molar-refractivity contribution < 1.29 is 27.4 Å². The number of hydrogen-bond acceptors (Lipinski definition) is 3. The summed E-state index contributed by atoms with van der Waals surface area (Å²) >= 11 is 0. The van der Waals surface area contributed by atoms with Gasteiger partial charge in [-0.05, 0) is 26.0 Å². The average Bonchev–Trinajstić information content (AvgIpc) is 2.37. The van der Waals surface area contributed by atoms with E-state index in [4.69, 9.17) is 9.47 Å². The van der Waals surface area contributed by atoms with Gasteiger partial charge < -0.3 is 19.7 Å². The van der Waals surface area contributed by atoms with Crippen LogP contribution < -0.4 is 14.8 Å². The number of halogens is 3. The van der Waals surface area contributed by atoms with Crippen molar-refractivity contribution in [1.82, 2.24) is 4.90 Å². The summed E-state index contributed by atoms with van der Waals surface area (Å²) in [5.74, 6) is 0.865. The zero-order valence-corrected chi connectivity index (χ0v) is 12.8. The molecular formula is C14H19F3N2O3. The number of rotatable bonds is 5. The molecule has 0 saturated heterocycles. The van der Waals surface area contributed by atoms with Crippen molar-refractivity contribution in [3.8, 4) is 11.5 Å². The maximum atomic E-state index is 12.2. The maximum Gasteiger partial charge on any atom is 0.406 e. The molecule has 124 valence electrons. The van der Waals surface area contributed by atoms with Crippen LogP contribution in [0.2, 0.25) is 0 Å². The maximum absolute atomic E-state index is 12.2. The van der Waals surface area contributed by atoms with Crippen molar-refractivity contribution in [2.75, 3.05) is 26.0 Å². The molecule has 1 aromatic carbocycles. The van der Waals surface area contributed by atoms with E-state index in [9.17, 15) is 18.0 Å². The van der Waals surface area contributed by atoms with Crippen LogP contribution in [0.3, 0.4) is 0 Å². The molecule has 0 atom stereocenters. The lowest BCUT2D eigenvalue weighted by atomic mass is 10.2. The van der Waals surface area contributed by atoms with Gasteiger partial charge in [0.1, 0.15) is 6.54 Å². The number of methoxy groups -OCH3 is 1. The summed E-state index contributed by atoms with van der Waals surface area (Å²) in [6.45, 7) is 2.37. The van der Waals surface area contributed by atoms with Gasteiger partial charge in [-0.1, -0.05) is 0 Å². The predicted octanol–water partition coefficient (Wildman–Crippen LogP) is 3.51. The van der Waals surface area contributed by atoms with Gasteiger partial charge in [-0.15, -0.1) is 0 Å². The van der Waals surface area contributed by atoms with Crippen LogP contribution in [0.15, 0.2) is 18.2 Å². The van der Waals surface area contributed by atoms with Gasteiger partial charge in [-0.2, -0.15) is 13.2 Å². The fourth-order valence-electron chi connectivity index (χ4n) is 1.66. The van der Waals surface area contributed by atoms with Gasteiger partial charge in [0.15, 0.2) is 11.5 Å². The van der Waals surface area contributed by atoms with E-state index in [1.54, 1.807) is 6.07 Å². The monoisotopic (exact) mass is 320 g/mol. The molecule has 1 N–H and O–H groups in total. The quantitative estimate of drug-likeness (QED) is 0.903. The Morgan fingerprint density at radius 2 is 1.95 bits per heavy atom. The molecule has 0 aromatic heterocycles. The summed E-state index contributed by atoms with van der Waals surface area (Å²) in [6.07, 6.45) is -4.51. The highest BCUT2D eigenvalue weighted by atomic mass is 19.4. The van der Waals surface area contributed by atoms with E-state index in [1.807, 2.05) is 13.8 Å². The van der Waals surface area contributed by atoms with Crippen molar-refractivity contribution in [1.29, 1.82) is 0 Å². The van der Waals surface area contributed by atoms with Crippen LogP contribution in [0.4, 0.5) is 23.7 Å². The van der Waals surface area contributed by atoms with Crippen molar-refractivity contribution in [3.05, 3.63) is 18.2 Å². The average molecular weight is 320 g/mol. The van der Waals surface area contributed by atoms with Gasteiger partial charge in [-0.25, -0.2) is 4.79 Å². The number of ether oxygens (including phenoxy) is 2. The van der Waals surface area contributed by atoms with Crippen LogP contribution in [-0.2, 0) is 0 Å². The molecule has 0 aliphatic carbocycles. The minimum absolute atomic E-state index is 0.0627. The molecule has 22 heavy (non-hydrogen) atoms. The number of anilines is 1. The van der Waals surface area contributed by atoms with E-state index in [0.29, 0.717) is 22.1 Å². The molecule has 0 fully saturated rings. The molecule has 0 heterocycles. The molecule has 0 spiro atoms. The Morgan fingerprint density at radius 1 is 1.32 bits per heavy atom. The summed E-state index contributed by atoms with van der Waals surface area (Å²) in [7, 11) is 2.50. The SMILES string of the molecule is COc1cc(NC(=O)N(C)CC(F)(F)F)ccc1OC(C)C. The van der Waals surface area contributed by atoms with Crippen LogP contribution in [0, 0.1) is 0 Å². The van der Waals surface area contributed by atoms with Gasteiger partial charge in [-0.3, -0.25) is 0 Å². The number of carbonyl (C=O) groups excluding carboxylic acids is 1. The highest BCUT2D eigenvalue weighted by Crippen LogP contribution is 2.31. The Bertz CT molecular complexity index is 519. The third-order valence-electron chi connectivity index (χ3n) is 2.54. The fourth-order valence-corrected chi connectivity index (χ4v) is 1.66. The van der Waals surface area contributed by atoms with Gasteiger partial charge >= 0.3 is 12.2 Å². The van der Waals surface area contributed by atoms with Crippen molar-refractivity contribution in [2.45, 2.75) is 26.1 Å². The topological polar surface area (TPSA) is 50.8 Å². The van der Waals surface area contributed by atoms with Crippen LogP contribution >= 0.6 is 0 Å². The highest BCUT2D eigenvalue weighted by Gasteiger charge is 2.31. The molecule has 5 nitrogen and oxygen atoms in total. The summed E-state index contributed by atoms with van der Waals surface area (Å²) in [4.78, 5) is 12.2. The molecule has 0 radical (unpaired) electrons. The predicted molar refractivity (Wildman–Crippen MR) is 76.5 cm³/mol. The number of carbonyl (C=O) groups is 1. The second-order valence-corrected chi connectivity index (χ2v) is 4.93. The summed E-state index contributed by atoms with van der Waals surface area (Å²) in [6, 6.07) is 3.73. The number of alkyl halides is 3. The lowest BCUT2D eigenvalue weighted by Gasteiger charge is -2.20. The van der Waals surface area contributed by atoms with E-state index in [2.05, 4.69) is 5.32 Å². The molecule has 0 bridgehead atoms. The number of urea groups is 1. The number of nitrogens with zero attached hydrogens (tertiary/aromatic N) is 1. The van der Waals surface area contributed by atoms with E-state index in [0.717, 1.165) is 7.05 Å². The molecule has 2 amide bonds. The summed E-state index contributed by atoms with van der Waals surface area (Å²) in [5, 5.41) is 2.37. The Labute approximate surface area is 127 Å². The first-order valence-electron chi connectivity index (χ1n) is 6.56. The Kier molecular flexibility index (Phi) is 5.90. The van der Waals surface area contributed by atoms with E-state index < -0.39 is 18.8 Å². The van der Waals surface area contributed by atoms with Crippen molar-refractivity contribution in [3.63, 3.8) is 0 Å². The zero-order valence-electron chi connectivity index (χ0n) is 12.8. The summed E-state index contributed by atoms with van der Waals surface area (Å²) in [5.41, 5.74) is 0.312. The lowest BCUT2D eigenvalue weighted by molar-refractivity contribution is -0.137. The van der Waals surface area contributed by atoms with Gasteiger partial charge in [0.25, 0.3) is 0 Å². The van der Waals surface area contributed by atoms with E-state index >= 15 is 0 Å². The van der Waals surface area contributed by atoms with E-state index in [1.165, 1.54) is 19.2 Å². The first kappa shape index (κ1) is 17.9. The van der Waals surface area contributed by atoms with Crippen molar-refractivity contribution in [2.24, 2.45) is 0 Å². The molecule has 0 aliphatic rings. The Morgan fingerprint density at radius 3 is 2.45 bits per heavy atom.